The molecule has 1 aromatic heterocycles. The maximum Gasteiger partial charge on any atom is 0.254 e. The average molecular weight is 389 g/mol. The van der Waals surface area contributed by atoms with Gasteiger partial charge in [-0.05, 0) is 68.6 Å². The fraction of sp³-hybridized carbons (Fsp3) is 0.375. The molecule has 3 heterocycles. The highest BCUT2D eigenvalue weighted by Crippen LogP contribution is 2.36. The highest BCUT2D eigenvalue weighted by atomic mass is 16.3. The summed E-state index contributed by atoms with van der Waals surface area (Å²) in [6.07, 6.45) is 4.53. The van der Waals surface area contributed by atoms with E-state index in [9.17, 15) is 9.90 Å². The molecule has 5 heteroatoms. The van der Waals surface area contributed by atoms with Crippen LogP contribution in [-0.4, -0.2) is 45.7 Å². The van der Waals surface area contributed by atoms with Crippen molar-refractivity contribution >= 4 is 16.8 Å². The third kappa shape index (κ3) is 3.01. The van der Waals surface area contributed by atoms with Crippen LogP contribution in [0.15, 0.2) is 48.5 Å². The first-order chi connectivity index (χ1) is 14.0. The number of benzene rings is 2. The van der Waals surface area contributed by atoms with Crippen LogP contribution in [0.1, 0.15) is 36.0 Å². The molecule has 1 unspecified atom stereocenters. The third-order valence-corrected chi connectivity index (χ3v) is 6.91. The number of nitrogens with zero attached hydrogens (tertiary/aromatic N) is 2. The number of fused-ring (bicyclic) bond motifs is 3. The van der Waals surface area contributed by atoms with Gasteiger partial charge >= 0.3 is 0 Å². The van der Waals surface area contributed by atoms with Crippen molar-refractivity contribution in [1.82, 2.24) is 14.8 Å². The molecule has 3 atom stereocenters. The summed E-state index contributed by atoms with van der Waals surface area (Å²) < 4.78 is 2.08. The molecule has 29 heavy (non-hydrogen) atoms. The van der Waals surface area contributed by atoms with Crippen molar-refractivity contribution in [3.05, 3.63) is 54.1 Å². The number of carbonyl (C=O) groups is 1. The lowest BCUT2D eigenvalue weighted by atomic mass is 9.97. The zero-order valence-corrected chi connectivity index (χ0v) is 16.9. The number of aromatic nitrogens is 1. The Morgan fingerprint density at radius 2 is 1.66 bits per heavy atom. The first kappa shape index (κ1) is 18.3. The van der Waals surface area contributed by atoms with E-state index in [2.05, 4.69) is 21.8 Å². The van der Waals surface area contributed by atoms with Gasteiger partial charge < -0.3 is 19.9 Å². The van der Waals surface area contributed by atoms with E-state index in [1.165, 1.54) is 12.8 Å². The van der Waals surface area contributed by atoms with Crippen molar-refractivity contribution in [2.24, 2.45) is 7.05 Å². The van der Waals surface area contributed by atoms with Gasteiger partial charge in [0.1, 0.15) is 5.75 Å². The highest BCUT2D eigenvalue weighted by Gasteiger charge is 2.39. The fourth-order valence-corrected chi connectivity index (χ4v) is 5.37. The van der Waals surface area contributed by atoms with Crippen LogP contribution in [0.4, 0.5) is 0 Å². The third-order valence-electron chi connectivity index (χ3n) is 6.91. The Hall–Kier alpha value is -2.79. The molecule has 2 saturated heterocycles. The Kier molecular flexibility index (Phi) is 4.36. The summed E-state index contributed by atoms with van der Waals surface area (Å²) in [5, 5.41) is 14.0. The number of rotatable bonds is 3. The van der Waals surface area contributed by atoms with Crippen LogP contribution in [-0.2, 0) is 7.05 Å². The number of carbonyl (C=O) groups excluding carboxylic acids is 1. The number of aryl methyl sites for hydroxylation is 1. The van der Waals surface area contributed by atoms with Crippen LogP contribution < -0.4 is 5.32 Å². The van der Waals surface area contributed by atoms with E-state index in [1.807, 2.05) is 43.4 Å². The SMILES string of the molecule is CN1[C@@H]2CC[C@H]1CC(NC(=O)c1c(-c3ccc(O)cc3)n(C)c3ccccc13)C2. The molecule has 2 bridgehead atoms. The van der Waals surface area contributed by atoms with Gasteiger partial charge in [0.15, 0.2) is 0 Å². The zero-order valence-electron chi connectivity index (χ0n) is 16.9. The number of aromatic hydroxyl groups is 1. The van der Waals surface area contributed by atoms with Gasteiger partial charge in [-0.25, -0.2) is 0 Å². The van der Waals surface area contributed by atoms with E-state index >= 15 is 0 Å². The van der Waals surface area contributed by atoms with E-state index < -0.39 is 0 Å². The number of hydrogen-bond donors (Lipinski definition) is 2. The number of phenolic OH excluding ortho intramolecular Hbond substituents is 1. The molecule has 2 N–H and O–H groups in total. The smallest absolute Gasteiger partial charge is 0.254 e. The summed E-state index contributed by atoms with van der Waals surface area (Å²) in [7, 11) is 4.21. The number of nitrogens with one attached hydrogen (secondary N) is 1. The maximum atomic E-state index is 13.5. The summed E-state index contributed by atoms with van der Waals surface area (Å²) in [6.45, 7) is 0. The van der Waals surface area contributed by atoms with Gasteiger partial charge in [0.2, 0.25) is 0 Å². The largest absolute Gasteiger partial charge is 0.508 e. The molecule has 150 valence electrons. The van der Waals surface area contributed by atoms with Gasteiger partial charge in [0, 0.05) is 36.1 Å². The maximum absolute atomic E-state index is 13.5. The van der Waals surface area contributed by atoms with Gasteiger partial charge in [-0.1, -0.05) is 18.2 Å². The Balaban J connectivity index is 1.54. The van der Waals surface area contributed by atoms with Crippen LogP contribution in [0, 0.1) is 0 Å². The Morgan fingerprint density at radius 3 is 2.34 bits per heavy atom. The number of piperidine rings is 1. The monoisotopic (exact) mass is 389 g/mol. The standard InChI is InChI=1S/C24H27N3O2/c1-26-17-9-10-18(26)14-16(13-17)25-24(29)22-20-5-3-4-6-21(20)27(2)23(22)15-7-11-19(28)12-8-15/h3-8,11-12,16-18,28H,9-10,13-14H2,1-2H3,(H,25,29)/t16?,17-,18+. The second-order valence-electron chi connectivity index (χ2n) is 8.54. The molecule has 5 rings (SSSR count). The molecule has 2 aromatic carbocycles. The Morgan fingerprint density at radius 1 is 1.00 bits per heavy atom. The quantitative estimate of drug-likeness (QED) is 0.714. The normalized spacial score (nSPS) is 24.1. The molecule has 0 aliphatic carbocycles. The number of hydrogen-bond acceptors (Lipinski definition) is 3. The first-order valence-electron chi connectivity index (χ1n) is 10.4. The zero-order chi connectivity index (χ0) is 20.1. The molecule has 0 radical (unpaired) electrons. The number of amides is 1. The second kappa shape index (κ2) is 6.92. The first-order valence-corrected chi connectivity index (χ1v) is 10.4. The lowest BCUT2D eigenvalue weighted by Gasteiger charge is -2.36. The molecule has 3 aromatic rings. The van der Waals surface area contributed by atoms with E-state index in [-0.39, 0.29) is 17.7 Å². The van der Waals surface area contributed by atoms with Crippen molar-refractivity contribution in [2.75, 3.05) is 7.05 Å². The summed E-state index contributed by atoms with van der Waals surface area (Å²) >= 11 is 0. The van der Waals surface area contributed by atoms with Crippen molar-refractivity contribution in [1.29, 1.82) is 0 Å². The van der Waals surface area contributed by atoms with E-state index in [4.69, 9.17) is 0 Å². The molecule has 2 aliphatic rings. The van der Waals surface area contributed by atoms with Gasteiger partial charge in [0.05, 0.1) is 11.3 Å². The number of phenols is 1. The Bertz CT molecular complexity index is 1060. The van der Waals surface area contributed by atoms with E-state index in [0.29, 0.717) is 12.1 Å². The van der Waals surface area contributed by atoms with Gasteiger partial charge in [-0.15, -0.1) is 0 Å². The predicted octanol–water partition coefficient (Wildman–Crippen LogP) is 3.91. The summed E-state index contributed by atoms with van der Waals surface area (Å²) in [6, 6.07) is 16.5. The van der Waals surface area contributed by atoms with E-state index in [1.54, 1.807) is 12.1 Å². The molecule has 1 amide bonds. The van der Waals surface area contributed by atoms with Gasteiger partial charge in [-0.3, -0.25) is 4.79 Å². The molecule has 5 nitrogen and oxygen atoms in total. The van der Waals surface area contributed by atoms with Crippen molar-refractivity contribution in [3.63, 3.8) is 0 Å². The minimum atomic E-state index is -0.00109. The number of para-hydroxylation sites is 1. The van der Waals surface area contributed by atoms with Gasteiger partial charge in [-0.2, -0.15) is 0 Å². The van der Waals surface area contributed by atoms with Crippen LogP contribution >= 0.6 is 0 Å². The molecule has 2 fully saturated rings. The van der Waals surface area contributed by atoms with Crippen LogP contribution in [0.2, 0.25) is 0 Å². The molecule has 0 spiro atoms. The molecular formula is C24H27N3O2. The molecule has 2 aliphatic heterocycles. The van der Waals surface area contributed by atoms with Crippen LogP contribution in [0.5, 0.6) is 5.75 Å². The molecular weight excluding hydrogens is 362 g/mol. The highest BCUT2D eigenvalue weighted by molar-refractivity contribution is 6.12. The summed E-state index contributed by atoms with van der Waals surface area (Å²) in [5.41, 5.74) is 3.57. The summed E-state index contributed by atoms with van der Waals surface area (Å²) in [4.78, 5) is 16.0. The average Bonchev–Trinajstić information content (AvgIpc) is 3.11. The minimum Gasteiger partial charge on any atom is -0.508 e. The second-order valence-corrected chi connectivity index (χ2v) is 8.54. The van der Waals surface area contributed by atoms with Crippen LogP contribution in [0.3, 0.4) is 0 Å². The van der Waals surface area contributed by atoms with Gasteiger partial charge in [0.25, 0.3) is 5.91 Å². The topological polar surface area (TPSA) is 57.5 Å². The predicted molar refractivity (Wildman–Crippen MR) is 115 cm³/mol. The lowest BCUT2D eigenvalue weighted by molar-refractivity contribution is 0.0884. The Labute approximate surface area is 170 Å². The van der Waals surface area contributed by atoms with Crippen molar-refractivity contribution in [2.45, 2.75) is 43.8 Å². The van der Waals surface area contributed by atoms with Crippen molar-refractivity contribution in [3.8, 4) is 17.0 Å². The lowest BCUT2D eigenvalue weighted by Crippen LogP contribution is -2.48. The molecule has 0 saturated carbocycles. The van der Waals surface area contributed by atoms with Crippen LogP contribution in [0.25, 0.3) is 22.2 Å². The fourth-order valence-electron chi connectivity index (χ4n) is 5.37. The van der Waals surface area contributed by atoms with Crippen molar-refractivity contribution < 1.29 is 9.90 Å². The van der Waals surface area contributed by atoms with E-state index in [0.717, 1.165) is 40.6 Å². The minimum absolute atomic E-state index is 0.00109. The summed E-state index contributed by atoms with van der Waals surface area (Å²) in [5.74, 6) is 0.221.